The number of rotatable bonds is 3. The third-order valence-corrected chi connectivity index (χ3v) is 2.67. The lowest BCUT2D eigenvalue weighted by Gasteiger charge is -2.03. The van der Waals surface area contributed by atoms with Crippen LogP contribution in [0.1, 0.15) is 23.7 Å². The van der Waals surface area contributed by atoms with E-state index in [0.717, 1.165) is 12.5 Å². The van der Waals surface area contributed by atoms with E-state index < -0.39 is 11.9 Å². The summed E-state index contributed by atoms with van der Waals surface area (Å²) >= 11 is 0. The molecule has 1 aliphatic rings. The van der Waals surface area contributed by atoms with Crippen molar-refractivity contribution in [3.63, 3.8) is 0 Å². The summed E-state index contributed by atoms with van der Waals surface area (Å²) in [5.41, 5.74) is 0.218. The number of ether oxygens (including phenoxy) is 1. The number of carbonyl (C=O) groups is 1. The van der Waals surface area contributed by atoms with Crippen molar-refractivity contribution in [2.75, 3.05) is 6.61 Å². The van der Waals surface area contributed by atoms with E-state index >= 15 is 0 Å². The molecular weight excluding hydrogens is 197 g/mol. The minimum absolute atomic E-state index is 0.218. The highest BCUT2D eigenvalue weighted by molar-refractivity contribution is 5.89. The van der Waals surface area contributed by atoms with E-state index in [2.05, 4.69) is 11.9 Å². The SMILES string of the molecule is C[C@@H]1C[C@H]1COC(=O)c1ccnc(F)c1. The van der Waals surface area contributed by atoms with Crippen molar-refractivity contribution in [3.05, 3.63) is 29.8 Å². The Hall–Kier alpha value is -1.45. The summed E-state index contributed by atoms with van der Waals surface area (Å²) in [6, 6.07) is 2.53. The lowest BCUT2D eigenvalue weighted by atomic mass is 10.3. The second-order valence-electron chi connectivity index (χ2n) is 3.94. The van der Waals surface area contributed by atoms with Crippen LogP contribution >= 0.6 is 0 Å². The van der Waals surface area contributed by atoms with Gasteiger partial charge in [0.2, 0.25) is 5.95 Å². The average molecular weight is 209 g/mol. The first-order valence-corrected chi connectivity index (χ1v) is 4.95. The third-order valence-electron chi connectivity index (χ3n) is 2.67. The van der Waals surface area contributed by atoms with Gasteiger partial charge in [0.1, 0.15) is 0 Å². The summed E-state index contributed by atoms with van der Waals surface area (Å²) in [5.74, 6) is -0.00718. The second-order valence-corrected chi connectivity index (χ2v) is 3.94. The molecule has 80 valence electrons. The van der Waals surface area contributed by atoms with Crippen LogP contribution in [0.25, 0.3) is 0 Å². The Morgan fingerprint density at radius 1 is 1.73 bits per heavy atom. The Morgan fingerprint density at radius 3 is 3.07 bits per heavy atom. The van der Waals surface area contributed by atoms with E-state index in [1.54, 1.807) is 0 Å². The molecule has 3 nitrogen and oxygen atoms in total. The van der Waals surface area contributed by atoms with Crippen LogP contribution in [0.4, 0.5) is 4.39 Å². The van der Waals surface area contributed by atoms with Gasteiger partial charge in [0.05, 0.1) is 12.2 Å². The molecule has 15 heavy (non-hydrogen) atoms. The van der Waals surface area contributed by atoms with Gasteiger partial charge >= 0.3 is 5.97 Å². The number of nitrogens with zero attached hydrogens (tertiary/aromatic N) is 1. The Morgan fingerprint density at radius 2 is 2.47 bits per heavy atom. The predicted octanol–water partition coefficient (Wildman–Crippen LogP) is 2.03. The minimum atomic E-state index is -0.663. The van der Waals surface area contributed by atoms with Gasteiger partial charge in [-0.25, -0.2) is 9.78 Å². The number of esters is 1. The van der Waals surface area contributed by atoms with E-state index in [-0.39, 0.29) is 5.56 Å². The summed E-state index contributed by atoms with van der Waals surface area (Å²) in [4.78, 5) is 14.8. The number of hydrogen-bond acceptors (Lipinski definition) is 3. The zero-order valence-corrected chi connectivity index (χ0v) is 8.44. The molecule has 1 saturated carbocycles. The number of aromatic nitrogens is 1. The van der Waals surface area contributed by atoms with Gasteiger partial charge in [0.25, 0.3) is 0 Å². The molecule has 1 aromatic heterocycles. The van der Waals surface area contributed by atoms with Crippen molar-refractivity contribution >= 4 is 5.97 Å². The molecule has 0 spiro atoms. The first-order chi connectivity index (χ1) is 7.16. The van der Waals surface area contributed by atoms with Gasteiger partial charge in [0, 0.05) is 12.3 Å². The Bertz CT molecular complexity index is 381. The van der Waals surface area contributed by atoms with Crippen LogP contribution in [0.15, 0.2) is 18.3 Å². The summed E-state index contributed by atoms with van der Waals surface area (Å²) < 4.78 is 17.7. The lowest BCUT2D eigenvalue weighted by molar-refractivity contribution is 0.0480. The van der Waals surface area contributed by atoms with Gasteiger partial charge in [-0.1, -0.05) is 6.92 Å². The zero-order valence-electron chi connectivity index (χ0n) is 8.44. The molecule has 0 amide bonds. The average Bonchev–Trinajstić information content (AvgIpc) is 2.91. The van der Waals surface area contributed by atoms with E-state index in [0.29, 0.717) is 18.4 Å². The summed E-state index contributed by atoms with van der Waals surface area (Å²) in [6.07, 6.45) is 2.36. The minimum Gasteiger partial charge on any atom is -0.462 e. The van der Waals surface area contributed by atoms with Crippen molar-refractivity contribution in [1.29, 1.82) is 0 Å². The smallest absolute Gasteiger partial charge is 0.338 e. The van der Waals surface area contributed by atoms with E-state index in [9.17, 15) is 9.18 Å². The summed E-state index contributed by atoms with van der Waals surface area (Å²) in [6.45, 7) is 2.55. The van der Waals surface area contributed by atoms with Crippen molar-refractivity contribution in [1.82, 2.24) is 4.98 Å². The highest BCUT2D eigenvalue weighted by Gasteiger charge is 2.33. The van der Waals surface area contributed by atoms with Crippen molar-refractivity contribution in [2.24, 2.45) is 11.8 Å². The highest BCUT2D eigenvalue weighted by Crippen LogP contribution is 2.37. The quantitative estimate of drug-likeness (QED) is 0.564. The number of halogens is 1. The predicted molar refractivity (Wildman–Crippen MR) is 51.7 cm³/mol. The van der Waals surface area contributed by atoms with Crippen LogP contribution in [0, 0.1) is 17.8 Å². The molecule has 0 radical (unpaired) electrons. The van der Waals surface area contributed by atoms with Gasteiger partial charge in [-0.05, 0) is 24.3 Å². The molecule has 1 fully saturated rings. The molecule has 2 atom stereocenters. The van der Waals surface area contributed by atoms with Crippen molar-refractivity contribution < 1.29 is 13.9 Å². The number of carbonyl (C=O) groups excluding carboxylic acids is 1. The maximum atomic E-state index is 12.7. The maximum absolute atomic E-state index is 12.7. The fourth-order valence-electron chi connectivity index (χ4n) is 1.43. The van der Waals surface area contributed by atoms with Crippen molar-refractivity contribution in [2.45, 2.75) is 13.3 Å². The fraction of sp³-hybridized carbons (Fsp3) is 0.455. The first-order valence-electron chi connectivity index (χ1n) is 4.95. The Labute approximate surface area is 87.3 Å². The molecule has 0 N–H and O–H groups in total. The van der Waals surface area contributed by atoms with Gasteiger partial charge in [-0.15, -0.1) is 0 Å². The van der Waals surface area contributed by atoms with Crippen molar-refractivity contribution in [3.8, 4) is 0 Å². The Kier molecular flexibility index (Phi) is 2.66. The van der Waals surface area contributed by atoms with Gasteiger partial charge < -0.3 is 4.74 Å². The van der Waals surface area contributed by atoms with Gasteiger partial charge in [-0.2, -0.15) is 4.39 Å². The van der Waals surface area contributed by atoms with Crippen LogP contribution < -0.4 is 0 Å². The lowest BCUT2D eigenvalue weighted by Crippen LogP contribution is -2.08. The van der Waals surface area contributed by atoms with Crippen LogP contribution in [-0.2, 0) is 4.74 Å². The molecule has 0 bridgehead atoms. The molecule has 0 unspecified atom stereocenters. The van der Waals surface area contributed by atoms with E-state index in [4.69, 9.17) is 4.74 Å². The number of hydrogen-bond donors (Lipinski definition) is 0. The van der Waals surface area contributed by atoms with E-state index in [1.165, 1.54) is 12.3 Å². The molecule has 0 saturated heterocycles. The van der Waals surface area contributed by atoms with Gasteiger partial charge in [0.15, 0.2) is 0 Å². The molecule has 0 aromatic carbocycles. The van der Waals surface area contributed by atoms with Gasteiger partial charge in [-0.3, -0.25) is 0 Å². The normalized spacial score (nSPS) is 23.6. The fourth-order valence-corrected chi connectivity index (χ4v) is 1.43. The zero-order chi connectivity index (χ0) is 10.8. The van der Waals surface area contributed by atoms with E-state index in [1.807, 2.05) is 0 Å². The van der Waals surface area contributed by atoms with Crippen LogP contribution in [0.3, 0.4) is 0 Å². The second kappa shape index (κ2) is 3.96. The Balaban J connectivity index is 1.90. The highest BCUT2D eigenvalue weighted by atomic mass is 19.1. The van der Waals surface area contributed by atoms with Crippen LogP contribution in [0.5, 0.6) is 0 Å². The molecule has 4 heteroatoms. The third kappa shape index (κ3) is 2.52. The standard InChI is InChI=1S/C11H12FNO2/c1-7-4-9(7)6-15-11(14)8-2-3-13-10(12)5-8/h2-3,5,7,9H,4,6H2,1H3/t7-,9+/m1/s1. The monoisotopic (exact) mass is 209 g/mol. The molecule has 1 aromatic rings. The molecule has 1 aliphatic carbocycles. The number of pyridine rings is 1. The molecule has 1 heterocycles. The van der Waals surface area contributed by atoms with Crippen LogP contribution in [-0.4, -0.2) is 17.6 Å². The van der Waals surface area contributed by atoms with Crippen LogP contribution in [0.2, 0.25) is 0 Å². The molecular formula is C11H12FNO2. The first kappa shape index (κ1) is 10.1. The maximum Gasteiger partial charge on any atom is 0.338 e. The summed E-state index contributed by atoms with van der Waals surface area (Å²) in [5, 5.41) is 0. The molecule has 2 rings (SSSR count). The molecule has 0 aliphatic heterocycles. The topological polar surface area (TPSA) is 39.2 Å². The summed E-state index contributed by atoms with van der Waals surface area (Å²) in [7, 11) is 0. The largest absolute Gasteiger partial charge is 0.462 e.